The van der Waals surface area contributed by atoms with Crippen LogP contribution in [0, 0.1) is 5.92 Å². The minimum Gasteiger partial charge on any atom is -0.390 e. The lowest BCUT2D eigenvalue weighted by Gasteiger charge is -2.41. The molecule has 5 atom stereocenters. The second-order valence-corrected chi connectivity index (χ2v) is 7.01. The maximum absolute atomic E-state index is 10.8. The summed E-state index contributed by atoms with van der Waals surface area (Å²) in [4.78, 5) is 2.84. The van der Waals surface area contributed by atoms with E-state index in [2.05, 4.69) is 10.0 Å². The first-order chi connectivity index (χ1) is 13.7. The molecule has 0 aromatic heterocycles. The summed E-state index contributed by atoms with van der Waals surface area (Å²) >= 11 is 0. The van der Waals surface area contributed by atoms with Gasteiger partial charge in [0.25, 0.3) is 0 Å². The Bertz CT molecular complexity index is 768. The first-order valence-electron chi connectivity index (χ1n) is 9.36. The topological polar surface area (TPSA) is 108 Å². The van der Waals surface area contributed by atoms with Gasteiger partial charge in [-0.05, 0) is 23.1 Å². The van der Waals surface area contributed by atoms with Crippen LogP contribution >= 0.6 is 0 Å². The van der Waals surface area contributed by atoms with Crippen LogP contribution < -0.4 is 0 Å². The average Bonchev–Trinajstić information content (AvgIpc) is 2.73. The van der Waals surface area contributed by atoms with E-state index in [1.54, 1.807) is 0 Å². The highest BCUT2D eigenvalue weighted by Gasteiger charge is 2.44. The number of nitrogens with zero attached hydrogens (tertiary/aromatic N) is 3. The Labute approximate surface area is 164 Å². The van der Waals surface area contributed by atoms with Crippen molar-refractivity contribution in [3.05, 3.63) is 82.2 Å². The predicted molar refractivity (Wildman–Crippen MR) is 104 cm³/mol. The molecule has 1 aliphatic carbocycles. The van der Waals surface area contributed by atoms with E-state index in [0.29, 0.717) is 13.0 Å². The fourth-order valence-electron chi connectivity index (χ4n) is 3.49. The largest absolute Gasteiger partial charge is 0.390 e. The van der Waals surface area contributed by atoms with Crippen LogP contribution in [0.25, 0.3) is 10.4 Å². The van der Waals surface area contributed by atoms with Crippen molar-refractivity contribution >= 4 is 0 Å². The van der Waals surface area contributed by atoms with Crippen molar-refractivity contribution in [2.24, 2.45) is 11.0 Å². The van der Waals surface area contributed by atoms with Crippen LogP contribution in [0.4, 0.5) is 0 Å². The molecule has 7 heteroatoms. The van der Waals surface area contributed by atoms with Crippen LogP contribution in [0.3, 0.4) is 0 Å². The van der Waals surface area contributed by atoms with E-state index < -0.39 is 24.4 Å². The van der Waals surface area contributed by atoms with Gasteiger partial charge in [-0.25, -0.2) is 0 Å². The van der Waals surface area contributed by atoms with Gasteiger partial charge >= 0.3 is 0 Å². The number of benzene rings is 2. The average molecular weight is 383 g/mol. The molecule has 2 N–H and O–H groups in total. The molecule has 7 nitrogen and oxygen atoms in total. The monoisotopic (exact) mass is 383 g/mol. The Morgan fingerprint density at radius 3 is 2.14 bits per heavy atom. The SMILES string of the molecule is [N-]=[N+]=N[C@@H]1C[C@H](COCc2ccccc2)[C@@H](O)[C@H](OCc2ccccc2)[C@@H]1O. The maximum atomic E-state index is 10.8. The zero-order chi connectivity index (χ0) is 19.8. The van der Waals surface area contributed by atoms with Gasteiger partial charge < -0.3 is 19.7 Å². The molecule has 0 spiro atoms. The second kappa shape index (κ2) is 10.2. The van der Waals surface area contributed by atoms with Crippen molar-refractivity contribution in [1.82, 2.24) is 0 Å². The zero-order valence-electron chi connectivity index (χ0n) is 15.5. The summed E-state index contributed by atoms with van der Waals surface area (Å²) in [5, 5.41) is 25.0. The fraction of sp³-hybridized carbons (Fsp3) is 0.429. The fourth-order valence-corrected chi connectivity index (χ4v) is 3.49. The number of hydrogen-bond acceptors (Lipinski definition) is 5. The highest BCUT2D eigenvalue weighted by Crippen LogP contribution is 2.31. The Morgan fingerprint density at radius 2 is 1.54 bits per heavy atom. The molecule has 148 valence electrons. The summed E-state index contributed by atoms with van der Waals surface area (Å²) in [6, 6.07) is 18.6. The van der Waals surface area contributed by atoms with E-state index in [-0.39, 0.29) is 19.1 Å². The van der Waals surface area contributed by atoms with Crippen molar-refractivity contribution < 1.29 is 19.7 Å². The van der Waals surface area contributed by atoms with E-state index >= 15 is 0 Å². The number of rotatable bonds is 8. The van der Waals surface area contributed by atoms with Crippen LogP contribution in [0.2, 0.25) is 0 Å². The molecule has 0 radical (unpaired) electrons. The normalized spacial score (nSPS) is 27.1. The van der Waals surface area contributed by atoms with Crippen molar-refractivity contribution in [3.8, 4) is 0 Å². The minimum atomic E-state index is -1.07. The van der Waals surface area contributed by atoms with E-state index in [1.807, 2.05) is 60.7 Å². The lowest BCUT2D eigenvalue weighted by atomic mass is 9.80. The summed E-state index contributed by atoms with van der Waals surface area (Å²) in [7, 11) is 0. The maximum Gasteiger partial charge on any atom is 0.110 e. The van der Waals surface area contributed by atoms with Crippen molar-refractivity contribution in [2.75, 3.05) is 6.61 Å². The van der Waals surface area contributed by atoms with E-state index in [4.69, 9.17) is 15.0 Å². The number of ether oxygens (including phenoxy) is 2. The smallest absolute Gasteiger partial charge is 0.110 e. The Morgan fingerprint density at radius 1 is 0.929 bits per heavy atom. The van der Waals surface area contributed by atoms with Gasteiger partial charge in [-0.3, -0.25) is 0 Å². The van der Waals surface area contributed by atoms with Crippen molar-refractivity contribution in [2.45, 2.75) is 44.0 Å². The minimum absolute atomic E-state index is 0.250. The van der Waals surface area contributed by atoms with Crippen LogP contribution in [0.15, 0.2) is 65.8 Å². The van der Waals surface area contributed by atoms with Gasteiger partial charge in [0.15, 0.2) is 0 Å². The summed E-state index contributed by atoms with van der Waals surface area (Å²) < 4.78 is 11.6. The van der Waals surface area contributed by atoms with Gasteiger partial charge in [0.05, 0.1) is 38.1 Å². The van der Waals surface area contributed by atoms with Crippen LogP contribution in [0.5, 0.6) is 0 Å². The van der Waals surface area contributed by atoms with E-state index in [1.165, 1.54) is 0 Å². The molecule has 0 saturated heterocycles. The van der Waals surface area contributed by atoms with E-state index in [9.17, 15) is 10.2 Å². The van der Waals surface area contributed by atoms with Crippen molar-refractivity contribution in [1.29, 1.82) is 0 Å². The molecule has 1 saturated carbocycles. The number of azide groups is 1. The van der Waals surface area contributed by atoms with Crippen LogP contribution in [-0.4, -0.2) is 41.2 Å². The molecular weight excluding hydrogens is 358 g/mol. The lowest BCUT2D eigenvalue weighted by Crippen LogP contribution is -2.55. The summed E-state index contributed by atoms with van der Waals surface area (Å²) in [6.07, 6.45) is -2.50. The van der Waals surface area contributed by atoms with Gasteiger partial charge in [-0.1, -0.05) is 65.8 Å². The quantitative estimate of drug-likeness (QED) is 0.414. The third kappa shape index (κ3) is 5.32. The van der Waals surface area contributed by atoms with Gasteiger partial charge in [0.1, 0.15) is 6.10 Å². The number of aliphatic hydroxyl groups is 2. The Hall–Kier alpha value is -2.41. The molecule has 0 unspecified atom stereocenters. The van der Waals surface area contributed by atoms with Gasteiger partial charge in [0, 0.05) is 10.8 Å². The van der Waals surface area contributed by atoms with Crippen LogP contribution in [-0.2, 0) is 22.7 Å². The molecule has 1 aliphatic rings. The summed E-state index contributed by atoms with van der Waals surface area (Å²) in [5.41, 5.74) is 10.8. The summed E-state index contributed by atoms with van der Waals surface area (Å²) in [5.74, 6) is -0.302. The van der Waals surface area contributed by atoms with Crippen molar-refractivity contribution in [3.63, 3.8) is 0 Å². The molecule has 0 amide bonds. The highest BCUT2D eigenvalue weighted by atomic mass is 16.5. The summed E-state index contributed by atoms with van der Waals surface area (Å²) in [6.45, 7) is 0.958. The van der Waals surface area contributed by atoms with E-state index in [0.717, 1.165) is 11.1 Å². The molecule has 2 aromatic rings. The van der Waals surface area contributed by atoms with Gasteiger partial charge in [0.2, 0.25) is 0 Å². The Kier molecular flexibility index (Phi) is 7.42. The molecule has 0 bridgehead atoms. The van der Waals surface area contributed by atoms with Crippen LogP contribution in [0.1, 0.15) is 17.5 Å². The molecule has 1 fully saturated rings. The first-order valence-corrected chi connectivity index (χ1v) is 9.36. The molecule has 3 rings (SSSR count). The lowest BCUT2D eigenvalue weighted by molar-refractivity contribution is -0.161. The third-order valence-electron chi connectivity index (χ3n) is 5.02. The molecular formula is C21H25N3O4. The molecule has 0 heterocycles. The first kappa shape index (κ1) is 20.3. The zero-order valence-corrected chi connectivity index (χ0v) is 15.5. The number of aliphatic hydroxyl groups excluding tert-OH is 2. The van der Waals surface area contributed by atoms with Gasteiger partial charge in [-0.15, -0.1) is 0 Å². The molecule has 0 aliphatic heterocycles. The Balaban J connectivity index is 1.63. The predicted octanol–water partition coefficient (Wildman–Crippen LogP) is 3.21. The third-order valence-corrected chi connectivity index (χ3v) is 5.02. The second-order valence-electron chi connectivity index (χ2n) is 7.01. The highest BCUT2D eigenvalue weighted by molar-refractivity contribution is 5.14. The molecule has 28 heavy (non-hydrogen) atoms. The van der Waals surface area contributed by atoms with Gasteiger partial charge in [-0.2, -0.15) is 0 Å². The number of hydrogen-bond donors (Lipinski definition) is 2. The standard InChI is InChI=1S/C21H25N3O4/c22-24-23-18-11-17(14-27-12-15-7-3-1-4-8-15)19(25)21(20(18)26)28-13-16-9-5-2-6-10-16/h1-10,17-21,25-26H,11-14H2/t17-,18-,19-,20-,21+/m1/s1. The molecule has 2 aromatic carbocycles.